The number of anilines is 1. The number of hydrogen-bond donors (Lipinski definition) is 1. The molecule has 0 atom stereocenters. The van der Waals surface area contributed by atoms with Crippen molar-refractivity contribution in [3.63, 3.8) is 0 Å². The molecule has 0 amide bonds. The van der Waals surface area contributed by atoms with Gasteiger partial charge in [0.05, 0.1) is 5.56 Å². The molecular weight excluding hydrogens is 379 g/mol. The third-order valence-corrected chi connectivity index (χ3v) is 3.77. The Kier molecular flexibility index (Phi) is 3.62. The summed E-state index contributed by atoms with van der Waals surface area (Å²) in [5.74, 6) is 0.878. The molecule has 21 heavy (non-hydrogen) atoms. The highest BCUT2D eigenvalue weighted by atomic mass is 127. The second-order valence-corrected chi connectivity index (χ2v) is 6.08. The highest BCUT2D eigenvalue weighted by molar-refractivity contribution is 14.1. The van der Waals surface area contributed by atoms with Crippen molar-refractivity contribution in [1.29, 1.82) is 0 Å². The molecule has 2 heterocycles. The minimum atomic E-state index is 0.405. The second-order valence-electron chi connectivity index (χ2n) is 4.83. The van der Waals surface area contributed by atoms with Gasteiger partial charge >= 0.3 is 0 Å². The van der Waals surface area contributed by atoms with E-state index in [0.717, 1.165) is 26.0 Å². The predicted octanol–water partition coefficient (Wildman–Crippen LogP) is 3.60. The highest BCUT2D eigenvalue weighted by Gasteiger charge is 2.15. The number of aromatic nitrogens is 3. The van der Waals surface area contributed by atoms with Gasteiger partial charge in [0.25, 0.3) is 5.89 Å². The van der Waals surface area contributed by atoms with Gasteiger partial charge < -0.3 is 10.3 Å². The van der Waals surface area contributed by atoms with Crippen LogP contribution < -0.4 is 5.73 Å². The fourth-order valence-corrected chi connectivity index (χ4v) is 2.58. The van der Waals surface area contributed by atoms with Crippen LogP contribution in [0.5, 0.6) is 0 Å². The molecule has 0 radical (unpaired) electrons. The van der Waals surface area contributed by atoms with Gasteiger partial charge in [0.1, 0.15) is 5.69 Å². The molecule has 0 saturated heterocycles. The fourth-order valence-electron chi connectivity index (χ4n) is 2.09. The Morgan fingerprint density at radius 3 is 2.76 bits per heavy atom. The van der Waals surface area contributed by atoms with E-state index in [-0.39, 0.29) is 0 Å². The quantitative estimate of drug-likeness (QED) is 0.533. The molecule has 6 heteroatoms. The van der Waals surface area contributed by atoms with Crippen molar-refractivity contribution in [2.24, 2.45) is 0 Å². The molecule has 0 aliphatic carbocycles. The normalized spacial score (nSPS) is 10.8. The molecule has 0 spiro atoms. The van der Waals surface area contributed by atoms with Crippen molar-refractivity contribution in [3.8, 4) is 23.0 Å². The van der Waals surface area contributed by atoms with Crippen molar-refractivity contribution < 1.29 is 4.52 Å². The van der Waals surface area contributed by atoms with Crippen LogP contribution in [0.15, 0.2) is 35.0 Å². The van der Waals surface area contributed by atoms with E-state index >= 15 is 0 Å². The van der Waals surface area contributed by atoms with E-state index in [0.29, 0.717) is 17.4 Å². The van der Waals surface area contributed by atoms with Crippen molar-refractivity contribution in [1.82, 2.24) is 15.1 Å². The smallest absolute Gasteiger partial charge is 0.260 e. The van der Waals surface area contributed by atoms with Gasteiger partial charge in [-0.1, -0.05) is 11.2 Å². The minimum absolute atomic E-state index is 0.405. The Labute approximate surface area is 135 Å². The summed E-state index contributed by atoms with van der Waals surface area (Å²) in [6, 6.07) is 7.72. The van der Waals surface area contributed by atoms with E-state index in [4.69, 9.17) is 10.3 Å². The van der Waals surface area contributed by atoms with Gasteiger partial charge in [-0.25, -0.2) is 0 Å². The molecule has 3 aromatic rings. The van der Waals surface area contributed by atoms with E-state index in [1.165, 1.54) is 0 Å². The second kappa shape index (κ2) is 5.44. The SMILES string of the molecule is Cc1cnc(-c2noc(-c3cc(I)ccc3N)n2)c(C)c1. The van der Waals surface area contributed by atoms with Crippen LogP contribution in [0.1, 0.15) is 11.1 Å². The molecule has 0 aliphatic rings. The lowest BCUT2D eigenvalue weighted by Gasteiger charge is -2.01. The number of benzene rings is 1. The summed E-state index contributed by atoms with van der Waals surface area (Å²) in [4.78, 5) is 8.80. The van der Waals surface area contributed by atoms with Crippen LogP contribution in [-0.2, 0) is 0 Å². The van der Waals surface area contributed by atoms with Crippen LogP contribution in [0.2, 0.25) is 0 Å². The van der Waals surface area contributed by atoms with Crippen molar-refractivity contribution in [2.45, 2.75) is 13.8 Å². The molecular formula is C15H13IN4O. The first kappa shape index (κ1) is 14.0. The lowest BCUT2D eigenvalue weighted by Crippen LogP contribution is -1.92. The maximum Gasteiger partial charge on any atom is 0.260 e. The number of pyridine rings is 1. The van der Waals surface area contributed by atoms with Crippen molar-refractivity contribution in [3.05, 3.63) is 45.2 Å². The molecule has 2 aromatic heterocycles. The summed E-state index contributed by atoms with van der Waals surface area (Å²) in [6.45, 7) is 3.98. The number of rotatable bonds is 2. The first-order valence-electron chi connectivity index (χ1n) is 6.37. The minimum Gasteiger partial charge on any atom is -0.398 e. The summed E-state index contributed by atoms with van der Waals surface area (Å²) in [7, 11) is 0. The number of nitrogen functional groups attached to an aromatic ring is 1. The topological polar surface area (TPSA) is 77.8 Å². The Hall–Kier alpha value is -1.96. The van der Waals surface area contributed by atoms with Crippen molar-refractivity contribution >= 4 is 28.3 Å². The predicted molar refractivity (Wildman–Crippen MR) is 89.6 cm³/mol. The molecule has 0 bridgehead atoms. The Morgan fingerprint density at radius 2 is 2.00 bits per heavy atom. The standard InChI is InChI=1S/C15H13IN4O/c1-8-5-9(2)13(18-7-8)14-19-15(21-20-14)11-6-10(16)3-4-12(11)17/h3-7H,17H2,1-2H3. The summed E-state index contributed by atoms with van der Waals surface area (Å²) in [5, 5.41) is 4.02. The molecule has 0 unspecified atom stereocenters. The zero-order valence-electron chi connectivity index (χ0n) is 11.6. The molecule has 5 nitrogen and oxygen atoms in total. The number of nitrogens with zero attached hydrogens (tertiary/aromatic N) is 3. The zero-order chi connectivity index (χ0) is 15.0. The average Bonchev–Trinajstić information content (AvgIpc) is 2.91. The maximum absolute atomic E-state index is 5.97. The third-order valence-electron chi connectivity index (χ3n) is 3.10. The van der Waals surface area contributed by atoms with Gasteiger partial charge in [-0.05, 0) is 65.8 Å². The number of hydrogen-bond acceptors (Lipinski definition) is 5. The largest absolute Gasteiger partial charge is 0.398 e. The van der Waals surface area contributed by atoms with Gasteiger partial charge in [-0.2, -0.15) is 4.98 Å². The molecule has 0 saturated carbocycles. The highest BCUT2D eigenvalue weighted by Crippen LogP contribution is 2.28. The molecule has 1 aromatic carbocycles. The zero-order valence-corrected chi connectivity index (χ0v) is 13.7. The maximum atomic E-state index is 5.97. The Morgan fingerprint density at radius 1 is 1.19 bits per heavy atom. The molecule has 0 aliphatic heterocycles. The van der Waals surface area contributed by atoms with Crippen molar-refractivity contribution in [2.75, 3.05) is 5.73 Å². The van der Waals surface area contributed by atoms with Gasteiger partial charge in [-0.15, -0.1) is 0 Å². The van der Waals surface area contributed by atoms with Crippen LogP contribution in [0.3, 0.4) is 0 Å². The van der Waals surface area contributed by atoms with Crippen LogP contribution >= 0.6 is 22.6 Å². The molecule has 0 fully saturated rings. The summed E-state index contributed by atoms with van der Waals surface area (Å²) in [5.41, 5.74) is 10.2. The van der Waals surface area contributed by atoms with Crippen LogP contribution in [0.25, 0.3) is 23.0 Å². The van der Waals surface area contributed by atoms with E-state index in [1.807, 2.05) is 38.1 Å². The van der Waals surface area contributed by atoms with Crippen LogP contribution in [0.4, 0.5) is 5.69 Å². The summed E-state index contributed by atoms with van der Waals surface area (Å²) < 4.78 is 6.40. The molecule has 3 rings (SSSR count). The van der Waals surface area contributed by atoms with Gasteiger partial charge in [0, 0.05) is 15.5 Å². The summed E-state index contributed by atoms with van der Waals surface area (Å²) in [6.07, 6.45) is 1.79. The van der Waals surface area contributed by atoms with Gasteiger partial charge in [-0.3, -0.25) is 4.98 Å². The van der Waals surface area contributed by atoms with E-state index in [1.54, 1.807) is 6.20 Å². The Bertz CT molecular complexity index is 813. The van der Waals surface area contributed by atoms with Gasteiger partial charge in [0.15, 0.2) is 0 Å². The van der Waals surface area contributed by atoms with Crippen LogP contribution in [0, 0.1) is 17.4 Å². The number of nitrogens with two attached hydrogens (primary N) is 1. The first-order valence-corrected chi connectivity index (χ1v) is 7.45. The lowest BCUT2D eigenvalue weighted by atomic mass is 10.1. The number of aryl methyl sites for hydroxylation is 2. The summed E-state index contributed by atoms with van der Waals surface area (Å²) >= 11 is 2.22. The molecule has 2 N–H and O–H groups in total. The van der Waals surface area contributed by atoms with Gasteiger partial charge in [0.2, 0.25) is 5.82 Å². The van der Waals surface area contributed by atoms with E-state index < -0.39 is 0 Å². The first-order chi connectivity index (χ1) is 10.0. The Balaban J connectivity index is 2.06. The third kappa shape index (κ3) is 2.76. The van der Waals surface area contributed by atoms with E-state index in [2.05, 4.69) is 37.7 Å². The number of halogens is 1. The average molecular weight is 392 g/mol. The molecule has 106 valence electrons. The van der Waals surface area contributed by atoms with E-state index in [9.17, 15) is 0 Å². The van der Waals surface area contributed by atoms with Crippen LogP contribution in [-0.4, -0.2) is 15.1 Å². The fraction of sp³-hybridized carbons (Fsp3) is 0.133. The monoisotopic (exact) mass is 392 g/mol. The lowest BCUT2D eigenvalue weighted by molar-refractivity contribution is 0.432.